The summed E-state index contributed by atoms with van der Waals surface area (Å²) in [7, 11) is 0. The quantitative estimate of drug-likeness (QED) is 0.743. The van der Waals surface area contributed by atoms with Crippen LogP contribution in [-0.4, -0.2) is 14.8 Å². The van der Waals surface area contributed by atoms with E-state index in [9.17, 15) is 0 Å². The number of benzene rings is 1. The van der Waals surface area contributed by atoms with Gasteiger partial charge in [0.25, 0.3) is 0 Å². The lowest BCUT2D eigenvalue weighted by Crippen LogP contribution is -2.05. The van der Waals surface area contributed by atoms with Gasteiger partial charge in [-0.3, -0.25) is 9.67 Å². The van der Waals surface area contributed by atoms with Crippen molar-refractivity contribution in [2.45, 2.75) is 13.0 Å². The largest absolute Gasteiger partial charge is 0.299 e. The third-order valence-corrected chi connectivity index (χ3v) is 4.01. The summed E-state index contributed by atoms with van der Waals surface area (Å²) in [6, 6.07) is 12.4. The Labute approximate surface area is 120 Å². The fourth-order valence-electron chi connectivity index (χ4n) is 1.99. The molecule has 0 bridgehead atoms. The van der Waals surface area contributed by atoms with E-state index in [1.165, 1.54) is 11.1 Å². The predicted octanol–water partition coefficient (Wildman–Crippen LogP) is 3.64. The van der Waals surface area contributed by atoms with Crippen molar-refractivity contribution in [1.82, 2.24) is 14.8 Å². The van der Waals surface area contributed by atoms with Gasteiger partial charge in [0.1, 0.15) is 5.82 Å². The van der Waals surface area contributed by atoms with Gasteiger partial charge in [-0.25, -0.2) is 0 Å². The molecule has 3 aromatic rings. The zero-order valence-corrected chi connectivity index (χ0v) is 11.9. The second kappa shape index (κ2) is 5.50. The van der Waals surface area contributed by atoms with Gasteiger partial charge in [0.05, 0.1) is 6.54 Å². The number of H-pyrrole nitrogens is 1. The molecule has 0 amide bonds. The smallest absolute Gasteiger partial charge is 0.195 e. The molecule has 5 heteroatoms. The number of rotatable bonds is 4. The number of hydrogen-bond donors (Lipinski definition) is 1. The van der Waals surface area contributed by atoms with Crippen LogP contribution < -0.4 is 0 Å². The van der Waals surface area contributed by atoms with Gasteiger partial charge < -0.3 is 0 Å². The molecule has 0 aliphatic carbocycles. The maximum Gasteiger partial charge on any atom is 0.195 e. The molecule has 3 rings (SSSR count). The van der Waals surface area contributed by atoms with E-state index in [2.05, 4.69) is 43.7 Å². The molecule has 0 saturated heterocycles. The summed E-state index contributed by atoms with van der Waals surface area (Å²) in [4.78, 5) is 0. The summed E-state index contributed by atoms with van der Waals surface area (Å²) in [5.74, 6) is 0.979. The first-order chi connectivity index (χ1) is 9.33. The number of aromatic nitrogens is 3. The molecule has 1 N–H and O–H groups in total. The molecule has 0 fully saturated rings. The maximum atomic E-state index is 5.32. The van der Waals surface area contributed by atoms with E-state index in [0.717, 1.165) is 18.8 Å². The second-order valence-electron chi connectivity index (χ2n) is 4.33. The Morgan fingerprint density at radius 2 is 2.00 bits per heavy atom. The lowest BCUT2D eigenvalue weighted by Gasteiger charge is -2.06. The average molecular weight is 287 g/mol. The van der Waals surface area contributed by atoms with Gasteiger partial charge in [0, 0.05) is 6.42 Å². The van der Waals surface area contributed by atoms with Gasteiger partial charge in [0.15, 0.2) is 4.77 Å². The maximum absolute atomic E-state index is 5.32. The van der Waals surface area contributed by atoms with Gasteiger partial charge in [-0.15, -0.1) is 0 Å². The Bertz CT molecular complexity index is 696. The Morgan fingerprint density at radius 3 is 2.74 bits per heavy atom. The van der Waals surface area contributed by atoms with Crippen LogP contribution in [0.5, 0.6) is 0 Å². The predicted molar refractivity (Wildman–Crippen MR) is 80.1 cm³/mol. The van der Waals surface area contributed by atoms with Crippen LogP contribution in [0.1, 0.15) is 17.0 Å². The van der Waals surface area contributed by atoms with E-state index < -0.39 is 0 Å². The van der Waals surface area contributed by atoms with Crippen molar-refractivity contribution in [2.24, 2.45) is 0 Å². The topological polar surface area (TPSA) is 33.6 Å². The molecule has 0 atom stereocenters. The zero-order valence-electron chi connectivity index (χ0n) is 10.2. The number of hydrogen-bond acceptors (Lipinski definition) is 3. The SMILES string of the molecule is S=c1[nH]nc(Cc2ccsc2)n1Cc1ccccc1. The molecule has 1 aromatic carbocycles. The summed E-state index contributed by atoms with van der Waals surface area (Å²) in [6.07, 6.45) is 0.809. The molecule has 0 aliphatic rings. The van der Waals surface area contributed by atoms with E-state index >= 15 is 0 Å². The highest BCUT2D eigenvalue weighted by atomic mass is 32.1. The highest BCUT2D eigenvalue weighted by Gasteiger charge is 2.07. The normalized spacial score (nSPS) is 10.7. The van der Waals surface area contributed by atoms with E-state index in [-0.39, 0.29) is 0 Å². The first-order valence-corrected chi connectivity index (χ1v) is 7.37. The van der Waals surface area contributed by atoms with Crippen LogP contribution in [-0.2, 0) is 13.0 Å². The van der Waals surface area contributed by atoms with Crippen molar-refractivity contribution in [2.75, 3.05) is 0 Å². The van der Waals surface area contributed by atoms with Gasteiger partial charge in [-0.2, -0.15) is 16.4 Å². The van der Waals surface area contributed by atoms with Gasteiger partial charge in [-0.05, 0) is 40.2 Å². The molecular formula is C14H13N3S2. The summed E-state index contributed by atoms with van der Waals surface area (Å²) in [6.45, 7) is 0.760. The second-order valence-corrected chi connectivity index (χ2v) is 5.49. The van der Waals surface area contributed by atoms with Crippen molar-refractivity contribution in [3.63, 3.8) is 0 Å². The summed E-state index contributed by atoms with van der Waals surface area (Å²) < 4.78 is 2.73. The minimum atomic E-state index is 0.675. The minimum Gasteiger partial charge on any atom is -0.299 e. The van der Waals surface area contributed by atoms with Crippen LogP contribution in [0.3, 0.4) is 0 Å². The first-order valence-electron chi connectivity index (χ1n) is 6.02. The number of nitrogens with one attached hydrogen (secondary N) is 1. The zero-order chi connectivity index (χ0) is 13.1. The van der Waals surface area contributed by atoms with Crippen LogP contribution in [0, 0.1) is 4.77 Å². The van der Waals surface area contributed by atoms with Crippen LogP contribution in [0.15, 0.2) is 47.2 Å². The molecule has 0 spiro atoms. The highest BCUT2D eigenvalue weighted by molar-refractivity contribution is 7.71. The Hall–Kier alpha value is -1.72. The lowest BCUT2D eigenvalue weighted by molar-refractivity contribution is 0.732. The van der Waals surface area contributed by atoms with Crippen molar-refractivity contribution in [3.05, 3.63) is 68.9 Å². The molecule has 19 heavy (non-hydrogen) atoms. The van der Waals surface area contributed by atoms with Crippen molar-refractivity contribution < 1.29 is 0 Å². The van der Waals surface area contributed by atoms with Crippen LogP contribution in [0.4, 0.5) is 0 Å². The van der Waals surface area contributed by atoms with Crippen molar-refractivity contribution in [1.29, 1.82) is 0 Å². The number of aromatic amines is 1. The summed E-state index contributed by atoms with van der Waals surface area (Å²) in [5.41, 5.74) is 2.50. The van der Waals surface area contributed by atoms with E-state index in [1.807, 2.05) is 18.2 Å². The molecule has 2 heterocycles. The van der Waals surface area contributed by atoms with E-state index in [0.29, 0.717) is 4.77 Å². The van der Waals surface area contributed by atoms with Crippen LogP contribution in [0.2, 0.25) is 0 Å². The van der Waals surface area contributed by atoms with Gasteiger partial charge in [0.2, 0.25) is 0 Å². The average Bonchev–Trinajstić information content (AvgIpc) is 3.05. The fourth-order valence-corrected chi connectivity index (χ4v) is 2.87. The molecule has 3 nitrogen and oxygen atoms in total. The van der Waals surface area contributed by atoms with Crippen LogP contribution >= 0.6 is 23.6 Å². The van der Waals surface area contributed by atoms with Gasteiger partial charge in [-0.1, -0.05) is 30.3 Å². The molecule has 2 aromatic heterocycles. The van der Waals surface area contributed by atoms with Gasteiger partial charge >= 0.3 is 0 Å². The Kier molecular flexibility index (Phi) is 3.57. The third kappa shape index (κ3) is 2.83. The van der Waals surface area contributed by atoms with Crippen molar-refractivity contribution >= 4 is 23.6 Å². The summed E-state index contributed by atoms with van der Waals surface area (Å²) in [5, 5.41) is 11.5. The Balaban J connectivity index is 1.89. The standard InChI is InChI=1S/C14H13N3S2/c18-14-16-15-13(8-12-6-7-19-10-12)17(14)9-11-4-2-1-3-5-11/h1-7,10H,8-9H2,(H,16,18). The number of thiophene rings is 1. The molecule has 0 saturated carbocycles. The van der Waals surface area contributed by atoms with E-state index in [4.69, 9.17) is 12.2 Å². The molecule has 0 unspecified atom stereocenters. The molecule has 96 valence electrons. The molecule has 0 radical (unpaired) electrons. The Morgan fingerprint density at radius 1 is 1.16 bits per heavy atom. The summed E-state index contributed by atoms with van der Waals surface area (Å²) >= 11 is 7.02. The lowest BCUT2D eigenvalue weighted by atomic mass is 10.2. The molecule has 0 aliphatic heterocycles. The van der Waals surface area contributed by atoms with E-state index in [1.54, 1.807) is 11.3 Å². The molecular weight excluding hydrogens is 274 g/mol. The van der Waals surface area contributed by atoms with Crippen LogP contribution in [0.25, 0.3) is 0 Å². The fraction of sp³-hybridized carbons (Fsp3) is 0.143. The highest BCUT2D eigenvalue weighted by Crippen LogP contribution is 2.13. The third-order valence-electron chi connectivity index (χ3n) is 2.96. The first kappa shape index (κ1) is 12.3. The minimum absolute atomic E-state index is 0.675. The number of nitrogens with zero attached hydrogens (tertiary/aromatic N) is 2. The van der Waals surface area contributed by atoms with Crippen molar-refractivity contribution in [3.8, 4) is 0 Å². The monoisotopic (exact) mass is 287 g/mol.